The maximum absolute atomic E-state index is 12.5. The van der Waals surface area contributed by atoms with Crippen LogP contribution in [0.1, 0.15) is 17.0 Å². The van der Waals surface area contributed by atoms with Crippen LogP contribution >= 0.6 is 15.9 Å². The van der Waals surface area contributed by atoms with Crippen LogP contribution in [0.15, 0.2) is 22.7 Å². The first kappa shape index (κ1) is 14.5. The lowest BCUT2D eigenvalue weighted by Gasteiger charge is -2.13. The zero-order chi connectivity index (χ0) is 13.9. The Hall–Kier alpha value is -1.55. The molecular weight excluding hydrogens is 315 g/mol. The van der Waals surface area contributed by atoms with E-state index in [9.17, 15) is 18.0 Å². The van der Waals surface area contributed by atoms with Gasteiger partial charge in [-0.15, -0.1) is 0 Å². The van der Waals surface area contributed by atoms with Crippen molar-refractivity contribution in [3.8, 4) is 6.07 Å². The molecule has 0 saturated carbocycles. The van der Waals surface area contributed by atoms with E-state index >= 15 is 0 Å². The maximum Gasteiger partial charge on any atom is 0.416 e. The number of hydrogen-bond donors (Lipinski definition) is 0. The molecule has 0 aliphatic carbocycles. The number of hydrogen-bond acceptors (Lipinski definition) is 3. The number of ether oxygens (including phenoxy) is 1. The Morgan fingerprint density at radius 1 is 1.50 bits per heavy atom. The molecule has 0 bridgehead atoms. The van der Waals surface area contributed by atoms with Gasteiger partial charge in [0.05, 0.1) is 18.7 Å². The van der Waals surface area contributed by atoms with Crippen LogP contribution in [-0.2, 0) is 15.7 Å². The predicted molar refractivity (Wildman–Crippen MR) is 59.5 cm³/mol. The lowest BCUT2D eigenvalue weighted by atomic mass is 9.98. The van der Waals surface area contributed by atoms with Gasteiger partial charge in [-0.3, -0.25) is 4.79 Å². The second-order valence-corrected chi connectivity index (χ2v) is 4.17. The Bertz CT molecular complexity index is 508. The molecule has 7 heteroatoms. The van der Waals surface area contributed by atoms with Gasteiger partial charge in [0, 0.05) is 4.47 Å². The van der Waals surface area contributed by atoms with Crippen LogP contribution in [0.3, 0.4) is 0 Å². The number of carbonyl (C=O) groups is 1. The lowest BCUT2D eigenvalue weighted by Crippen LogP contribution is -2.14. The Morgan fingerprint density at radius 3 is 2.56 bits per heavy atom. The number of nitrogens with zero attached hydrogens (tertiary/aromatic N) is 1. The Balaban J connectivity index is 3.31. The van der Waals surface area contributed by atoms with Crippen molar-refractivity contribution in [2.45, 2.75) is 12.1 Å². The minimum absolute atomic E-state index is 0.0702. The van der Waals surface area contributed by atoms with E-state index in [-0.39, 0.29) is 10.0 Å². The highest BCUT2D eigenvalue weighted by Gasteiger charge is 2.33. The molecule has 18 heavy (non-hydrogen) atoms. The number of nitriles is 1. The van der Waals surface area contributed by atoms with Gasteiger partial charge in [-0.05, 0) is 23.8 Å². The van der Waals surface area contributed by atoms with Crippen molar-refractivity contribution in [3.05, 3.63) is 33.8 Å². The summed E-state index contributed by atoms with van der Waals surface area (Å²) in [7, 11) is 1.06. The van der Waals surface area contributed by atoms with Crippen LogP contribution in [0.5, 0.6) is 0 Å². The number of rotatable bonds is 2. The van der Waals surface area contributed by atoms with Gasteiger partial charge in [0.25, 0.3) is 0 Å². The molecule has 1 atom stereocenters. The van der Waals surface area contributed by atoms with Crippen LogP contribution in [0, 0.1) is 11.3 Å². The molecule has 0 saturated heterocycles. The third kappa shape index (κ3) is 3.01. The normalized spacial score (nSPS) is 12.7. The zero-order valence-electron chi connectivity index (χ0n) is 9.08. The Labute approximate surface area is 109 Å². The van der Waals surface area contributed by atoms with Gasteiger partial charge in [-0.1, -0.05) is 15.9 Å². The largest absolute Gasteiger partial charge is 0.468 e. The molecule has 0 aliphatic heterocycles. The fraction of sp³-hybridized carbons (Fsp3) is 0.273. The SMILES string of the molecule is COC(=O)C(C#N)c1cc(C(F)(F)F)ccc1Br. The molecule has 3 nitrogen and oxygen atoms in total. The summed E-state index contributed by atoms with van der Waals surface area (Å²) < 4.78 is 42.2. The van der Waals surface area contributed by atoms with E-state index in [1.165, 1.54) is 0 Å². The number of esters is 1. The number of benzene rings is 1. The summed E-state index contributed by atoms with van der Waals surface area (Å²) in [6, 6.07) is 4.38. The van der Waals surface area contributed by atoms with Crippen LogP contribution in [0.25, 0.3) is 0 Å². The molecule has 0 heterocycles. The number of carbonyl (C=O) groups excluding carboxylic acids is 1. The lowest BCUT2D eigenvalue weighted by molar-refractivity contribution is -0.141. The summed E-state index contributed by atoms with van der Waals surface area (Å²) in [4.78, 5) is 11.3. The summed E-state index contributed by atoms with van der Waals surface area (Å²) in [6.07, 6.45) is -4.54. The summed E-state index contributed by atoms with van der Waals surface area (Å²) in [6.45, 7) is 0. The smallest absolute Gasteiger partial charge is 0.416 e. The van der Waals surface area contributed by atoms with Crippen molar-refractivity contribution in [3.63, 3.8) is 0 Å². The topological polar surface area (TPSA) is 50.1 Å². The Kier molecular flexibility index (Phi) is 4.35. The molecule has 1 rings (SSSR count). The number of alkyl halides is 3. The van der Waals surface area contributed by atoms with Gasteiger partial charge in [0.15, 0.2) is 5.92 Å². The molecule has 0 aliphatic rings. The second-order valence-electron chi connectivity index (χ2n) is 3.32. The highest BCUT2D eigenvalue weighted by Crippen LogP contribution is 2.34. The minimum atomic E-state index is -4.54. The van der Waals surface area contributed by atoms with Crippen LogP contribution in [0.2, 0.25) is 0 Å². The van der Waals surface area contributed by atoms with E-state index in [2.05, 4.69) is 20.7 Å². The highest BCUT2D eigenvalue weighted by atomic mass is 79.9. The molecule has 0 aromatic heterocycles. The fourth-order valence-electron chi connectivity index (χ4n) is 1.31. The molecule has 96 valence electrons. The standard InChI is InChI=1S/C11H7BrF3NO2/c1-18-10(17)8(5-16)7-4-6(11(13,14)15)2-3-9(7)12/h2-4,8H,1H3. The average molecular weight is 322 g/mol. The first-order chi connectivity index (χ1) is 8.31. The third-order valence-corrected chi connectivity index (χ3v) is 2.92. The van der Waals surface area contributed by atoms with Gasteiger partial charge in [0.1, 0.15) is 0 Å². The second kappa shape index (κ2) is 5.40. The van der Waals surface area contributed by atoms with E-state index in [0.29, 0.717) is 0 Å². The predicted octanol–water partition coefficient (Wildman–Crippen LogP) is 3.25. The quantitative estimate of drug-likeness (QED) is 0.786. The molecular formula is C11H7BrF3NO2. The molecule has 0 amide bonds. The van der Waals surface area contributed by atoms with Crippen molar-refractivity contribution in [1.29, 1.82) is 5.26 Å². The fourth-order valence-corrected chi connectivity index (χ4v) is 1.78. The zero-order valence-corrected chi connectivity index (χ0v) is 10.7. The maximum atomic E-state index is 12.5. The molecule has 0 radical (unpaired) electrons. The van der Waals surface area contributed by atoms with Crippen molar-refractivity contribution < 1.29 is 22.7 Å². The molecule has 0 spiro atoms. The average Bonchev–Trinajstić information content (AvgIpc) is 2.30. The molecule has 1 unspecified atom stereocenters. The summed E-state index contributed by atoms with van der Waals surface area (Å²) >= 11 is 3.01. The van der Waals surface area contributed by atoms with E-state index in [0.717, 1.165) is 25.3 Å². The van der Waals surface area contributed by atoms with E-state index in [1.807, 2.05) is 0 Å². The molecule has 0 N–H and O–H groups in total. The monoisotopic (exact) mass is 321 g/mol. The highest BCUT2D eigenvalue weighted by molar-refractivity contribution is 9.10. The van der Waals surface area contributed by atoms with Crippen LogP contribution < -0.4 is 0 Å². The summed E-state index contributed by atoms with van der Waals surface area (Å²) in [5, 5.41) is 8.85. The van der Waals surface area contributed by atoms with Crippen molar-refractivity contribution in [2.75, 3.05) is 7.11 Å². The first-order valence-electron chi connectivity index (χ1n) is 4.65. The van der Waals surface area contributed by atoms with E-state index in [1.54, 1.807) is 6.07 Å². The van der Waals surface area contributed by atoms with Crippen molar-refractivity contribution >= 4 is 21.9 Å². The van der Waals surface area contributed by atoms with E-state index < -0.39 is 23.6 Å². The molecule has 0 fully saturated rings. The van der Waals surface area contributed by atoms with Crippen LogP contribution in [-0.4, -0.2) is 13.1 Å². The van der Waals surface area contributed by atoms with Gasteiger partial charge in [0.2, 0.25) is 0 Å². The number of methoxy groups -OCH3 is 1. The van der Waals surface area contributed by atoms with Crippen molar-refractivity contribution in [2.24, 2.45) is 0 Å². The van der Waals surface area contributed by atoms with Gasteiger partial charge >= 0.3 is 12.1 Å². The Morgan fingerprint density at radius 2 is 2.11 bits per heavy atom. The number of halogens is 4. The van der Waals surface area contributed by atoms with Crippen molar-refractivity contribution in [1.82, 2.24) is 0 Å². The third-order valence-electron chi connectivity index (χ3n) is 2.20. The van der Waals surface area contributed by atoms with Gasteiger partial charge in [-0.2, -0.15) is 18.4 Å². The summed E-state index contributed by atoms with van der Waals surface area (Å²) in [5.74, 6) is -2.30. The van der Waals surface area contributed by atoms with Gasteiger partial charge in [-0.25, -0.2) is 0 Å². The molecule has 1 aromatic carbocycles. The van der Waals surface area contributed by atoms with Gasteiger partial charge < -0.3 is 4.74 Å². The minimum Gasteiger partial charge on any atom is -0.468 e. The first-order valence-corrected chi connectivity index (χ1v) is 5.44. The molecule has 1 aromatic rings. The van der Waals surface area contributed by atoms with Crippen LogP contribution in [0.4, 0.5) is 13.2 Å². The van der Waals surface area contributed by atoms with E-state index in [4.69, 9.17) is 5.26 Å². The summed E-state index contributed by atoms with van der Waals surface area (Å²) in [5.41, 5.74) is -0.996.